The molecule has 0 aliphatic heterocycles. The van der Waals surface area contributed by atoms with Gasteiger partial charge in [-0.15, -0.1) is 12.3 Å². The lowest BCUT2D eigenvalue weighted by Gasteiger charge is -2.16. The summed E-state index contributed by atoms with van der Waals surface area (Å²) >= 11 is 0. The fourth-order valence-corrected chi connectivity index (χ4v) is 1.50. The zero-order valence-electron chi connectivity index (χ0n) is 10.8. The fraction of sp³-hybridized carbons (Fsp3) is 0.417. The van der Waals surface area contributed by atoms with Crippen LogP contribution in [-0.2, 0) is 11.8 Å². The van der Waals surface area contributed by atoms with Crippen LogP contribution in [0.4, 0.5) is 4.79 Å². The molecule has 0 radical (unpaired) electrons. The van der Waals surface area contributed by atoms with Crippen molar-refractivity contribution in [2.45, 2.75) is 25.4 Å². The molecular weight excluding hydrogens is 248 g/mol. The molecule has 1 rings (SSSR count). The van der Waals surface area contributed by atoms with Gasteiger partial charge in [-0.25, -0.2) is 9.59 Å². The summed E-state index contributed by atoms with van der Waals surface area (Å²) in [5.74, 6) is 1.25. The molecule has 7 heteroatoms. The Morgan fingerprint density at radius 3 is 2.74 bits per heavy atom. The maximum Gasteiger partial charge on any atom is 0.331 e. The number of rotatable bonds is 5. The van der Waals surface area contributed by atoms with Crippen LogP contribution in [0.1, 0.15) is 24.9 Å². The molecule has 0 bridgehead atoms. The number of carbonyl (C=O) groups excluding carboxylic acids is 1. The molecule has 2 unspecified atom stereocenters. The third kappa shape index (κ3) is 4.35. The lowest BCUT2D eigenvalue weighted by Crippen LogP contribution is -2.44. The van der Waals surface area contributed by atoms with Crippen molar-refractivity contribution < 1.29 is 14.7 Å². The van der Waals surface area contributed by atoms with Crippen LogP contribution in [0, 0.1) is 12.3 Å². The number of nitrogens with one attached hydrogen (secondary N) is 2. The molecule has 2 amide bonds. The Morgan fingerprint density at radius 2 is 2.26 bits per heavy atom. The van der Waals surface area contributed by atoms with Crippen molar-refractivity contribution in [3.63, 3.8) is 0 Å². The second kappa shape index (κ2) is 6.44. The van der Waals surface area contributed by atoms with E-state index in [1.165, 1.54) is 17.1 Å². The maximum atomic E-state index is 11.6. The van der Waals surface area contributed by atoms with Crippen LogP contribution < -0.4 is 10.6 Å². The largest absolute Gasteiger partial charge is 0.479 e. The van der Waals surface area contributed by atoms with E-state index in [1.807, 2.05) is 0 Å². The van der Waals surface area contributed by atoms with E-state index < -0.39 is 18.0 Å². The van der Waals surface area contributed by atoms with Crippen molar-refractivity contribution in [2.75, 3.05) is 0 Å². The van der Waals surface area contributed by atoms with Crippen LogP contribution in [0.5, 0.6) is 0 Å². The van der Waals surface area contributed by atoms with Crippen LogP contribution in [0.3, 0.4) is 0 Å². The van der Waals surface area contributed by atoms with Crippen molar-refractivity contribution >= 4 is 12.0 Å². The molecule has 0 aliphatic carbocycles. The average Bonchev–Trinajstić information content (AvgIpc) is 2.72. The van der Waals surface area contributed by atoms with Crippen molar-refractivity contribution in [2.24, 2.45) is 7.05 Å². The summed E-state index contributed by atoms with van der Waals surface area (Å²) in [5.41, 5.74) is 0.398. The van der Waals surface area contributed by atoms with Gasteiger partial charge in [0.2, 0.25) is 0 Å². The predicted molar refractivity (Wildman–Crippen MR) is 68.2 cm³/mol. The molecule has 0 fully saturated rings. The molecule has 1 aromatic heterocycles. The van der Waals surface area contributed by atoms with Crippen molar-refractivity contribution in [1.82, 2.24) is 20.4 Å². The number of urea groups is 1. The van der Waals surface area contributed by atoms with E-state index in [2.05, 4.69) is 21.7 Å². The van der Waals surface area contributed by atoms with Gasteiger partial charge in [0.05, 0.1) is 6.20 Å². The maximum absolute atomic E-state index is 11.6. The number of aromatic nitrogens is 2. The van der Waals surface area contributed by atoms with E-state index in [-0.39, 0.29) is 6.04 Å². The first-order valence-electron chi connectivity index (χ1n) is 5.66. The van der Waals surface area contributed by atoms with Crippen LogP contribution in [0.2, 0.25) is 0 Å². The molecule has 102 valence electrons. The zero-order chi connectivity index (χ0) is 14.4. The molecule has 0 aromatic carbocycles. The molecular formula is C12H16N4O3. The molecule has 19 heavy (non-hydrogen) atoms. The van der Waals surface area contributed by atoms with E-state index in [1.54, 1.807) is 14.0 Å². The van der Waals surface area contributed by atoms with Gasteiger partial charge in [0, 0.05) is 31.3 Å². The first-order chi connectivity index (χ1) is 8.93. The predicted octanol–water partition coefficient (Wildman–Crippen LogP) is 0.257. The molecule has 0 spiro atoms. The minimum atomic E-state index is -1.16. The van der Waals surface area contributed by atoms with Crippen molar-refractivity contribution in [3.8, 4) is 12.3 Å². The van der Waals surface area contributed by atoms with Gasteiger partial charge in [-0.2, -0.15) is 5.10 Å². The second-order valence-corrected chi connectivity index (χ2v) is 4.15. The number of carboxylic acids is 1. The van der Waals surface area contributed by atoms with Crippen molar-refractivity contribution in [3.05, 3.63) is 18.0 Å². The summed E-state index contributed by atoms with van der Waals surface area (Å²) < 4.78 is 1.46. The smallest absolute Gasteiger partial charge is 0.331 e. The highest BCUT2D eigenvalue weighted by Gasteiger charge is 2.23. The van der Waals surface area contributed by atoms with Gasteiger partial charge in [0.1, 0.15) is 0 Å². The van der Waals surface area contributed by atoms with E-state index in [0.717, 1.165) is 0 Å². The number of carboxylic acid groups (broad SMARTS) is 1. The summed E-state index contributed by atoms with van der Waals surface area (Å²) in [6.07, 6.45) is 8.42. The first kappa shape index (κ1) is 14.6. The average molecular weight is 264 g/mol. The quantitative estimate of drug-likeness (QED) is 0.664. The molecule has 0 aliphatic rings. The first-order valence-corrected chi connectivity index (χ1v) is 5.66. The van der Waals surface area contributed by atoms with E-state index in [0.29, 0.717) is 12.0 Å². The Hall–Kier alpha value is -2.49. The number of hydrogen-bond donors (Lipinski definition) is 3. The Balaban J connectivity index is 2.67. The van der Waals surface area contributed by atoms with Crippen LogP contribution >= 0.6 is 0 Å². The van der Waals surface area contributed by atoms with E-state index in [9.17, 15) is 9.59 Å². The summed E-state index contributed by atoms with van der Waals surface area (Å²) in [6, 6.07) is -1.96. The van der Waals surface area contributed by atoms with Gasteiger partial charge in [-0.3, -0.25) is 4.68 Å². The molecule has 0 saturated heterocycles. The Bertz CT molecular complexity index is 503. The van der Waals surface area contributed by atoms with Gasteiger partial charge in [0.15, 0.2) is 6.04 Å². The molecule has 1 aromatic rings. The lowest BCUT2D eigenvalue weighted by molar-refractivity contribution is -0.139. The Kier molecular flexibility index (Phi) is 4.94. The van der Waals surface area contributed by atoms with E-state index >= 15 is 0 Å². The fourth-order valence-electron chi connectivity index (χ4n) is 1.50. The third-order valence-corrected chi connectivity index (χ3v) is 2.38. The normalized spacial score (nSPS) is 13.1. The van der Waals surface area contributed by atoms with Crippen molar-refractivity contribution in [1.29, 1.82) is 0 Å². The van der Waals surface area contributed by atoms with Crippen LogP contribution in [0.25, 0.3) is 0 Å². The standard InChI is InChI=1S/C12H16N4O3/c1-4-5-8(2)14-12(19)15-10(11(17)18)9-6-13-16(3)7-9/h1,6-8,10H,5H2,2-3H3,(H,17,18)(H2,14,15,19). The molecule has 2 atom stereocenters. The minimum absolute atomic E-state index is 0.228. The number of amides is 2. The van der Waals surface area contributed by atoms with Gasteiger partial charge in [-0.1, -0.05) is 0 Å². The highest BCUT2D eigenvalue weighted by molar-refractivity contribution is 5.83. The summed E-state index contributed by atoms with van der Waals surface area (Å²) in [6.45, 7) is 1.74. The number of aryl methyl sites for hydroxylation is 1. The molecule has 0 saturated carbocycles. The van der Waals surface area contributed by atoms with E-state index in [4.69, 9.17) is 11.5 Å². The number of aliphatic carboxylic acids is 1. The Morgan fingerprint density at radius 1 is 1.58 bits per heavy atom. The minimum Gasteiger partial charge on any atom is -0.479 e. The SMILES string of the molecule is C#CCC(C)NC(=O)NC(C(=O)O)c1cnn(C)c1. The highest BCUT2D eigenvalue weighted by Crippen LogP contribution is 2.11. The summed E-state index contributed by atoms with van der Waals surface area (Å²) in [7, 11) is 1.66. The van der Waals surface area contributed by atoms with Gasteiger partial charge in [0.25, 0.3) is 0 Å². The summed E-state index contributed by atoms with van der Waals surface area (Å²) in [5, 5.41) is 17.9. The number of hydrogen-bond acceptors (Lipinski definition) is 3. The highest BCUT2D eigenvalue weighted by atomic mass is 16.4. The number of terminal acetylenes is 1. The van der Waals surface area contributed by atoms with Crippen LogP contribution in [-0.4, -0.2) is 32.9 Å². The molecule has 7 nitrogen and oxygen atoms in total. The molecule has 1 heterocycles. The molecule has 3 N–H and O–H groups in total. The monoisotopic (exact) mass is 264 g/mol. The number of nitrogens with zero attached hydrogens (tertiary/aromatic N) is 2. The zero-order valence-corrected chi connectivity index (χ0v) is 10.8. The topological polar surface area (TPSA) is 96.2 Å². The van der Waals surface area contributed by atoms with Gasteiger partial charge in [-0.05, 0) is 6.92 Å². The summed E-state index contributed by atoms with van der Waals surface area (Å²) in [4.78, 5) is 22.8. The lowest BCUT2D eigenvalue weighted by atomic mass is 10.1. The third-order valence-electron chi connectivity index (χ3n) is 2.38. The Labute approximate surface area is 111 Å². The van der Waals surface area contributed by atoms with Gasteiger partial charge >= 0.3 is 12.0 Å². The number of carbonyl (C=O) groups is 2. The van der Waals surface area contributed by atoms with Crippen LogP contribution in [0.15, 0.2) is 12.4 Å². The van der Waals surface area contributed by atoms with Gasteiger partial charge < -0.3 is 15.7 Å². The second-order valence-electron chi connectivity index (χ2n) is 4.15.